The van der Waals surface area contributed by atoms with Crippen molar-refractivity contribution >= 4 is 54.9 Å². The Morgan fingerprint density at radius 3 is 2.21 bits per heavy atom. The second-order valence-electron chi connectivity index (χ2n) is 6.90. The summed E-state index contributed by atoms with van der Waals surface area (Å²) >= 11 is 9.33. The lowest BCUT2D eigenvalue weighted by Crippen LogP contribution is -2.39. The molecule has 0 aliphatic carbocycles. The van der Waals surface area contributed by atoms with Gasteiger partial charge in [0.05, 0.1) is 23.4 Å². The molecule has 7 nitrogen and oxygen atoms in total. The van der Waals surface area contributed by atoms with Gasteiger partial charge in [0, 0.05) is 9.50 Å². The van der Waals surface area contributed by atoms with E-state index in [1.54, 1.807) is 31.2 Å². The molecule has 1 N–H and O–H groups in total. The first kappa shape index (κ1) is 24.8. The summed E-state index contributed by atoms with van der Waals surface area (Å²) in [4.78, 5) is 12.7. The number of carbonyl (C=O) groups is 1. The van der Waals surface area contributed by atoms with Crippen LogP contribution in [0.2, 0.25) is 5.02 Å². The molecule has 0 spiro atoms. The number of methoxy groups -OCH3 is 1. The van der Waals surface area contributed by atoms with E-state index in [1.165, 1.54) is 31.4 Å². The fourth-order valence-corrected chi connectivity index (χ4v) is 4.68. The summed E-state index contributed by atoms with van der Waals surface area (Å²) < 4.78 is 33.8. The molecule has 3 aromatic carbocycles. The second-order valence-corrected chi connectivity index (χ2v) is 10.1. The SMILES string of the molecule is COc1ccc(S(=O)(=O)N(CC(=O)N/N=C(/C)c2ccc(Br)cc2)c2ccc(Cl)cc2)cc1. The van der Waals surface area contributed by atoms with E-state index in [9.17, 15) is 13.2 Å². The van der Waals surface area contributed by atoms with Crippen molar-refractivity contribution in [3.63, 3.8) is 0 Å². The van der Waals surface area contributed by atoms with E-state index >= 15 is 0 Å². The predicted octanol–water partition coefficient (Wildman–Crippen LogP) is 4.85. The molecule has 0 radical (unpaired) electrons. The Bertz CT molecular complexity index is 1250. The number of ether oxygens (including phenoxy) is 1. The third kappa shape index (κ3) is 6.34. The van der Waals surface area contributed by atoms with E-state index < -0.39 is 22.5 Å². The lowest BCUT2D eigenvalue weighted by atomic mass is 10.1. The maximum atomic E-state index is 13.4. The van der Waals surface area contributed by atoms with Gasteiger partial charge in [-0.3, -0.25) is 9.10 Å². The van der Waals surface area contributed by atoms with Gasteiger partial charge >= 0.3 is 0 Å². The first-order valence-corrected chi connectivity index (χ1v) is 12.3. The zero-order chi connectivity index (χ0) is 24.0. The maximum absolute atomic E-state index is 13.4. The summed E-state index contributed by atoms with van der Waals surface area (Å²) in [5.41, 5.74) is 4.12. The van der Waals surface area contributed by atoms with Gasteiger partial charge in [-0.15, -0.1) is 0 Å². The lowest BCUT2D eigenvalue weighted by Gasteiger charge is -2.24. The van der Waals surface area contributed by atoms with Crippen molar-refractivity contribution in [1.29, 1.82) is 0 Å². The van der Waals surface area contributed by atoms with E-state index in [2.05, 4.69) is 26.5 Å². The van der Waals surface area contributed by atoms with Crippen LogP contribution in [0.15, 0.2) is 87.3 Å². The molecule has 0 aromatic heterocycles. The monoisotopic (exact) mass is 549 g/mol. The number of nitrogens with one attached hydrogen (secondary N) is 1. The van der Waals surface area contributed by atoms with Crippen molar-refractivity contribution in [1.82, 2.24) is 5.43 Å². The summed E-state index contributed by atoms with van der Waals surface area (Å²) in [6, 6.07) is 19.5. The molecule has 3 aromatic rings. The number of carbonyl (C=O) groups excluding carboxylic acids is 1. The number of hydrogen-bond acceptors (Lipinski definition) is 5. The maximum Gasteiger partial charge on any atom is 0.264 e. The Morgan fingerprint density at radius 2 is 1.64 bits per heavy atom. The number of hydrogen-bond donors (Lipinski definition) is 1. The van der Waals surface area contributed by atoms with Gasteiger partial charge in [-0.05, 0) is 73.2 Å². The topological polar surface area (TPSA) is 88.1 Å². The highest BCUT2D eigenvalue weighted by Crippen LogP contribution is 2.26. The minimum absolute atomic E-state index is 0.0144. The highest BCUT2D eigenvalue weighted by atomic mass is 79.9. The number of benzene rings is 3. The van der Waals surface area contributed by atoms with Crippen LogP contribution in [0, 0.1) is 0 Å². The molecule has 0 unspecified atom stereocenters. The number of rotatable bonds is 8. The van der Waals surface area contributed by atoms with Crippen molar-refractivity contribution < 1.29 is 17.9 Å². The van der Waals surface area contributed by atoms with Crippen LogP contribution in [0.25, 0.3) is 0 Å². The molecular weight excluding hydrogens is 530 g/mol. The van der Waals surface area contributed by atoms with Crippen molar-refractivity contribution in [2.45, 2.75) is 11.8 Å². The molecule has 10 heteroatoms. The molecule has 0 aliphatic heterocycles. The zero-order valence-electron chi connectivity index (χ0n) is 17.8. The number of sulfonamides is 1. The Kier molecular flexibility index (Phi) is 8.12. The van der Waals surface area contributed by atoms with Crippen LogP contribution in [-0.2, 0) is 14.8 Å². The number of anilines is 1. The van der Waals surface area contributed by atoms with Crippen LogP contribution in [0.5, 0.6) is 5.75 Å². The molecule has 0 aliphatic rings. The first-order chi connectivity index (χ1) is 15.7. The van der Waals surface area contributed by atoms with E-state index in [0.717, 1.165) is 14.3 Å². The minimum atomic E-state index is -4.06. The molecule has 172 valence electrons. The van der Waals surface area contributed by atoms with Gasteiger partial charge in [-0.1, -0.05) is 39.7 Å². The van der Waals surface area contributed by atoms with Gasteiger partial charge in [-0.25, -0.2) is 13.8 Å². The summed E-state index contributed by atoms with van der Waals surface area (Å²) in [7, 11) is -2.57. The van der Waals surface area contributed by atoms with Gasteiger partial charge in [0.2, 0.25) is 0 Å². The zero-order valence-corrected chi connectivity index (χ0v) is 21.0. The largest absolute Gasteiger partial charge is 0.497 e. The van der Waals surface area contributed by atoms with Crippen LogP contribution in [0.4, 0.5) is 5.69 Å². The van der Waals surface area contributed by atoms with Gasteiger partial charge in [-0.2, -0.15) is 5.10 Å². The van der Waals surface area contributed by atoms with Gasteiger partial charge < -0.3 is 4.74 Å². The molecule has 0 atom stereocenters. The van der Waals surface area contributed by atoms with E-state index in [1.807, 2.05) is 24.3 Å². The quantitative estimate of drug-likeness (QED) is 0.321. The summed E-state index contributed by atoms with van der Waals surface area (Å²) in [6.07, 6.45) is 0. The Hall–Kier alpha value is -2.88. The van der Waals surface area contributed by atoms with Crippen LogP contribution in [-0.4, -0.2) is 33.7 Å². The van der Waals surface area contributed by atoms with Crippen LogP contribution in [0.3, 0.4) is 0 Å². The second kappa shape index (κ2) is 10.8. The van der Waals surface area contributed by atoms with Gasteiger partial charge in [0.25, 0.3) is 15.9 Å². The van der Waals surface area contributed by atoms with Gasteiger partial charge in [0.15, 0.2) is 0 Å². The standard InChI is InChI=1S/C23H21BrClN3O4S/c1-16(17-3-5-18(24)6-4-17)26-27-23(29)15-28(20-9-7-19(25)8-10-20)33(30,31)22-13-11-21(32-2)12-14-22/h3-14H,15H2,1-2H3,(H,27,29)/b26-16-. The average Bonchev–Trinajstić information content (AvgIpc) is 2.82. The van der Waals surface area contributed by atoms with Crippen LogP contribution in [0.1, 0.15) is 12.5 Å². The molecule has 0 fully saturated rings. The van der Waals surface area contributed by atoms with Crippen LogP contribution < -0.4 is 14.5 Å². The van der Waals surface area contributed by atoms with Crippen molar-refractivity contribution in [3.05, 3.63) is 87.9 Å². The highest BCUT2D eigenvalue weighted by molar-refractivity contribution is 9.10. The molecule has 33 heavy (non-hydrogen) atoms. The molecule has 0 saturated carbocycles. The van der Waals surface area contributed by atoms with Crippen molar-refractivity contribution in [2.24, 2.45) is 5.10 Å². The fourth-order valence-electron chi connectivity index (χ4n) is 2.86. The van der Waals surface area contributed by atoms with Crippen molar-refractivity contribution in [3.8, 4) is 5.75 Å². The van der Waals surface area contributed by atoms with Gasteiger partial charge in [0.1, 0.15) is 12.3 Å². The normalized spacial score (nSPS) is 11.7. The van der Waals surface area contributed by atoms with E-state index in [-0.39, 0.29) is 4.90 Å². The number of hydrazone groups is 1. The molecular formula is C23H21BrClN3O4S. The lowest BCUT2D eigenvalue weighted by molar-refractivity contribution is -0.119. The predicted molar refractivity (Wildman–Crippen MR) is 133 cm³/mol. The van der Waals surface area contributed by atoms with E-state index in [0.29, 0.717) is 22.2 Å². The number of nitrogens with zero attached hydrogens (tertiary/aromatic N) is 2. The number of halogens is 2. The summed E-state index contributed by atoms with van der Waals surface area (Å²) in [5, 5.41) is 4.55. The summed E-state index contributed by atoms with van der Waals surface area (Å²) in [5.74, 6) is -0.0824. The molecule has 1 amide bonds. The smallest absolute Gasteiger partial charge is 0.264 e. The Balaban J connectivity index is 1.86. The molecule has 0 bridgehead atoms. The van der Waals surface area contributed by atoms with Crippen molar-refractivity contribution in [2.75, 3.05) is 18.0 Å². The summed E-state index contributed by atoms with van der Waals surface area (Å²) in [6.45, 7) is 1.27. The van der Waals surface area contributed by atoms with E-state index in [4.69, 9.17) is 16.3 Å². The Morgan fingerprint density at radius 1 is 1.03 bits per heavy atom. The number of amides is 1. The fraction of sp³-hybridized carbons (Fsp3) is 0.130. The third-order valence-corrected chi connectivity index (χ3v) is 7.23. The molecule has 3 rings (SSSR count). The Labute approximate surface area is 206 Å². The third-order valence-electron chi connectivity index (χ3n) is 4.66. The molecule has 0 heterocycles. The molecule has 0 saturated heterocycles. The first-order valence-electron chi connectivity index (χ1n) is 9.72. The average molecular weight is 551 g/mol. The highest BCUT2D eigenvalue weighted by Gasteiger charge is 2.27. The minimum Gasteiger partial charge on any atom is -0.497 e. The van der Waals surface area contributed by atoms with Crippen LogP contribution >= 0.6 is 27.5 Å².